The predicted molar refractivity (Wildman–Crippen MR) is 128 cm³/mol. The smallest absolute Gasteiger partial charge is 0.260 e. The number of nitrogens with one attached hydrogen (secondary N) is 1. The minimum Gasteiger partial charge on any atom is -0.504 e. The molecule has 0 radical (unpaired) electrons. The van der Waals surface area contributed by atoms with Crippen molar-refractivity contribution in [1.29, 1.82) is 0 Å². The number of nitrogens with zero attached hydrogens (tertiary/aromatic N) is 1. The second-order valence-corrected chi connectivity index (χ2v) is 10.3. The predicted octanol–water partition coefficient (Wildman–Crippen LogP) is 5.69. The summed E-state index contributed by atoms with van der Waals surface area (Å²) in [6.45, 7) is 6.11. The molecule has 2 heterocycles. The van der Waals surface area contributed by atoms with Crippen LogP contribution in [0.15, 0.2) is 47.0 Å². The number of benzene rings is 2. The van der Waals surface area contributed by atoms with Crippen LogP contribution in [0.2, 0.25) is 5.02 Å². The van der Waals surface area contributed by atoms with E-state index in [9.17, 15) is 15.0 Å². The van der Waals surface area contributed by atoms with Crippen LogP contribution in [0, 0.1) is 0 Å². The van der Waals surface area contributed by atoms with Crippen LogP contribution in [0.3, 0.4) is 0 Å². The van der Waals surface area contributed by atoms with Crippen LogP contribution < -0.4 is 5.32 Å². The largest absolute Gasteiger partial charge is 0.504 e. The number of aromatic nitrogens is 1. The zero-order chi connectivity index (χ0) is 23.5. The molecule has 170 valence electrons. The average molecular weight is 465 g/mol. The summed E-state index contributed by atoms with van der Waals surface area (Å²) >= 11 is 6.56. The molecule has 1 fully saturated rings. The molecule has 1 aliphatic carbocycles. The molecular formula is C26H25ClN2O4. The number of hydrogen-bond donors (Lipinski definition) is 3. The van der Waals surface area contributed by atoms with E-state index in [1.54, 1.807) is 18.2 Å². The Kier molecular flexibility index (Phi) is 4.92. The summed E-state index contributed by atoms with van der Waals surface area (Å²) in [6, 6.07) is 13.1. The molecule has 0 spiro atoms. The number of aliphatic hydroxyl groups is 2. The molecule has 0 saturated heterocycles. The number of aliphatic hydroxyl groups excluding tert-OH is 2. The highest BCUT2D eigenvalue weighted by Crippen LogP contribution is 2.48. The lowest BCUT2D eigenvalue weighted by atomic mass is 9.92. The summed E-state index contributed by atoms with van der Waals surface area (Å²) in [5.74, 6) is -0.563. The van der Waals surface area contributed by atoms with E-state index in [1.165, 1.54) is 0 Å². The van der Waals surface area contributed by atoms with Crippen molar-refractivity contribution in [2.45, 2.75) is 44.4 Å². The maximum atomic E-state index is 12.7. The fourth-order valence-electron chi connectivity index (χ4n) is 4.20. The zero-order valence-corrected chi connectivity index (χ0v) is 19.5. The van der Waals surface area contributed by atoms with Crippen molar-refractivity contribution in [3.63, 3.8) is 0 Å². The molecule has 1 aliphatic heterocycles. The highest BCUT2D eigenvalue weighted by molar-refractivity contribution is 6.38. The highest BCUT2D eigenvalue weighted by Gasteiger charge is 2.43. The van der Waals surface area contributed by atoms with Gasteiger partial charge in [-0.05, 0) is 36.1 Å². The summed E-state index contributed by atoms with van der Waals surface area (Å²) in [7, 11) is 0. The first kappa shape index (κ1) is 21.7. The van der Waals surface area contributed by atoms with Crippen LogP contribution in [-0.2, 0) is 15.6 Å². The van der Waals surface area contributed by atoms with Crippen LogP contribution in [0.4, 0.5) is 5.69 Å². The van der Waals surface area contributed by atoms with Crippen molar-refractivity contribution in [2.75, 3.05) is 11.9 Å². The van der Waals surface area contributed by atoms with Gasteiger partial charge in [0.05, 0.1) is 28.6 Å². The number of amides is 1. The number of fused-ring (bicyclic) bond motifs is 1. The van der Waals surface area contributed by atoms with Crippen LogP contribution in [0.25, 0.3) is 22.5 Å². The van der Waals surface area contributed by atoms with E-state index in [2.05, 4.69) is 10.5 Å². The normalized spacial score (nSPS) is 18.2. The molecule has 7 heteroatoms. The van der Waals surface area contributed by atoms with Gasteiger partial charge in [0.1, 0.15) is 0 Å². The van der Waals surface area contributed by atoms with Gasteiger partial charge in [-0.25, -0.2) is 0 Å². The van der Waals surface area contributed by atoms with Gasteiger partial charge < -0.3 is 20.1 Å². The van der Waals surface area contributed by atoms with Crippen molar-refractivity contribution in [3.8, 4) is 11.1 Å². The van der Waals surface area contributed by atoms with E-state index >= 15 is 0 Å². The number of carbonyl (C=O) groups excluding carboxylic acids is 1. The van der Waals surface area contributed by atoms with Crippen LogP contribution in [0.1, 0.15) is 56.2 Å². The second-order valence-electron chi connectivity index (χ2n) is 9.90. The van der Waals surface area contributed by atoms with E-state index in [0.29, 0.717) is 22.0 Å². The molecule has 1 amide bonds. The molecule has 2 aliphatic rings. The minimum atomic E-state index is -0.432. The Labute approximate surface area is 196 Å². The Morgan fingerprint density at radius 2 is 1.85 bits per heavy atom. The second kappa shape index (κ2) is 7.47. The third-order valence-corrected chi connectivity index (χ3v) is 6.88. The number of carbonyl (C=O) groups is 1. The lowest BCUT2D eigenvalue weighted by Crippen LogP contribution is -2.11. The average Bonchev–Trinajstić information content (AvgIpc) is 3.27. The van der Waals surface area contributed by atoms with Crippen LogP contribution in [0.5, 0.6) is 0 Å². The van der Waals surface area contributed by atoms with Gasteiger partial charge in [0.15, 0.2) is 5.76 Å². The van der Waals surface area contributed by atoms with Gasteiger partial charge in [-0.3, -0.25) is 4.79 Å². The minimum absolute atomic E-state index is 0.110. The quantitative estimate of drug-likeness (QED) is 0.340. The maximum Gasteiger partial charge on any atom is 0.260 e. The van der Waals surface area contributed by atoms with E-state index in [-0.39, 0.29) is 34.5 Å². The lowest BCUT2D eigenvalue weighted by Gasteiger charge is -2.14. The highest BCUT2D eigenvalue weighted by atomic mass is 35.5. The number of halogens is 1. The molecule has 0 bridgehead atoms. The Morgan fingerprint density at radius 1 is 1.15 bits per heavy atom. The molecule has 5 rings (SSSR count). The van der Waals surface area contributed by atoms with Gasteiger partial charge in [-0.1, -0.05) is 61.8 Å². The molecule has 3 aromatic rings. The van der Waals surface area contributed by atoms with Gasteiger partial charge in [-0.15, -0.1) is 0 Å². The lowest BCUT2D eigenvalue weighted by molar-refractivity contribution is -0.110. The van der Waals surface area contributed by atoms with Gasteiger partial charge in [-0.2, -0.15) is 0 Å². The number of hydrogen-bond acceptors (Lipinski definition) is 5. The van der Waals surface area contributed by atoms with E-state index < -0.39 is 5.91 Å². The first-order chi connectivity index (χ1) is 15.6. The molecule has 1 saturated carbocycles. The van der Waals surface area contributed by atoms with Crippen LogP contribution in [-0.4, -0.2) is 27.9 Å². The van der Waals surface area contributed by atoms with E-state index in [0.717, 1.165) is 29.5 Å². The molecule has 0 atom stereocenters. The number of rotatable bonds is 4. The molecular weight excluding hydrogens is 440 g/mol. The first-order valence-electron chi connectivity index (χ1n) is 10.9. The Balaban J connectivity index is 1.56. The van der Waals surface area contributed by atoms with Crippen molar-refractivity contribution >= 4 is 34.5 Å². The molecule has 3 N–H and O–H groups in total. The Morgan fingerprint density at radius 3 is 2.42 bits per heavy atom. The Bertz CT molecular complexity index is 1290. The van der Waals surface area contributed by atoms with Crippen molar-refractivity contribution in [1.82, 2.24) is 5.16 Å². The van der Waals surface area contributed by atoms with E-state index in [4.69, 9.17) is 16.1 Å². The van der Waals surface area contributed by atoms with Crippen molar-refractivity contribution in [3.05, 3.63) is 70.1 Å². The number of anilines is 1. The van der Waals surface area contributed by atoms with Gasteiger partial charge in [0.2, 0.25) is 5.76 Å². The fraction of sp³-hybridized carbons (Fsp3) is 0.308. The van der Waals surface area contributed by atoms with Gasteiger partial charge in [0.25, 0.3) is 5.91 Å². The summed E-state index contributed by atoms with van der Waals surface area (Å²) in [5.41, 5.74) is 4.24. The third-order valence-electron chi connectivity index (χ3n) is 6.57. The SMILES string of the molecule is CC(C)(C)c1cc(C(O)=C2C(=O)Nc3cc(Cl)c(-c4ccc(C5(CO)CC5)cc4)cc32)on1. The van der Waals surface area contributed by atoms with Gasteiger partial charge >= 0.3 is 0 Å². The van der Waals surface area contributed by atoms with Gasteiger partial charge in [0, 0.05) is 28.0 Å². The molecule has 0 unspecified atom stereocenters. The van der Waals surface area contributed by atoms with E-state index in [1.807, 2.05) is 45.0 Å². The Hall–Kier alpha value is -3.09. The van der Waals surface area contributed by atoms with Crippen molar-refractivity contribution < 1.29 is 19.5 Å². The summed E-state index contributed by atoms with van der Waals surface area (Å²) in [6.07, 6.45) is 1.98. The topological polar surface area (TPSA) is 95.6 Å². The summed E-state index contributed by atoms with van der Waals surface area (Å²) in [4.78, 5) is 12.7. The monoisotopic (exact) mass is 464 g/mol. The summed E-state index contributed by atoms with van der Waals surface area (Å²) < 4.78 is 5.34. The standard InChI is InChI=1S/C26H25ClN2O4/c1-25(2,3)21-12-20(33-29-21)23(31)22-17-10-16(18(27)11-19(17)28-24(22)32)14-4-6-15(7-5-14)26(13-30)8-9-26/h4-7,10-12,30-31H,8-9,13H2,1-3H3,(H,28,32). The first-order valence-corrected chi connectivity index (χ1v) is 11.3. The van der Waals surface area contributed by atoms with Crippen molar-refractivity contribution in [2.24, 2.45) is 0 Å². The molecule has 1 aromatic heterocycles. The zero-order valence-electron chi connectivity index (χ0n) is 18.7. The van der Waals surface area contributed by atoms with Crippen LogP contribution >= 0.6 is 11.6 Å². The maximum absolute atomic E-state index is 12.7. The molecule has 33 heavy (non-hydrogen) atoms. The fourth-order valence-corrected chi connectivity index (χ4v) is 4.48. The molecule has 2 aromatic carbocycles. The third kappa shape index (κ3) is 3.63. The summed E-state index contributed by atoms with van der Waals surface area (Å²) in [5, 5.41) is 27.9. The molecule has 6 nitrogen and oxygen atoms in total.